The Bertz CT molecular complexity index is 1020. The van der Waals surface area contributed by atoms with Crippen LogP contribution in [-0.4, -0.2) is 50.7 Å². The summed E-state index contributed by atoms with van der Waals surface area (Å²) in [5.41, 5.74) is 3.70. The lowest BCUT2D eigenvalue weighted by Gasteiger charge is -2.36. The van der Waals surface area contributed by atoms with Gasteiger partial charge in [-0.15, -0.1) is 10.2 Å². The summed E-state index contributed by atoms with van der Waals surface area (Å²) in [6.45, 7) is 1.90. The van der Waals surface area contributed by atoms with E-state index in [1.54, 1.807) is 6.07 Å². The molecule has 3 atom stereocenters. The second-order valence-corrected chi connectivity index (χ2v) is 8.44. The second kappa shape index (κ2) is 7.65. The molecule has 3 aromatic rings. The van der Waals surface area contributed by atoms with E-state index in [1.807, 2.05) is 43.3 Å². The van der Waals surface area contributed by atoms with Crippen LogP contribution in [0.15, 0.2) is 42.5 Å². The molecule has 0 aliphatic carbocycles. The predicted octanol–water partition coefficient (Wildman–Crippen LogP) is 3.33. The summed E-state index contributed by atoms with van der Waals surface area (Å²) in [7, 11) is 2.11. The maximum atomic E-state index is 10.6. The van der Waals surface area contributed by atoms with E-state index in [9.17, 15) is 5.11 Å². The fourth-order valence-corrected chi connectivity index (χ4v) is 4.65. The van der Waals surface area contributed by atoms with E-state index in [-0.39, 0.29) is 5.75 Å². The number of nitrogens with one attached hydrogen (secondary N) is 1. The van der Waals surface area contributed by atoms with Gasteiger partial charge in [0.1, 0.15) is 5.75 Å². The first-order valence-electron chi connectivity index (χ1n) is 10.5. The molecule has 2 fully saturated rings. The van der Waals surface area contributed by atoms with Crippen LogP contribution in [0.2, 0.25) is 0 Å². The van der Waals surface area contributed by atoms with Crippen LogP contribution in [-0.2, 0) is 0 Å². The largest absolute Gasteiger partial charge is 0.507 e. The number of aromatic nitrogens is 4. The zero-order valence-electron chi connectivity index (χ0n) is 17.3. The highest BCUT2D eigenvalue weighted by Gasteiger charge is 2.35. The van der Waals surface area contributed by atoms with Crippen molar-refractivity contribution < 1.29 is 5.11 Å². The van der Waals surface area contributed by atoms with Crippen LogP contribution in [0.25, 0.3) is 22.5 Å². The number of rotatable bonds is 4. The van der Waals surface area contributed by atoms with Gasteiger partial charge in [0.15, 0.2) is 5.82 Å². The molecule has 0 saturated carbocycles. The van der Waals surface area contributed by atoms with Gasteiger partial charge in [-0.3, -0.25) is 0 Å². The van der Waals surface area contributed by atoms with Crippen molar-refractivity contribution in [1.82, 2.24) is 25.7 Å². The summed E-state index contributed by atoms with van der Waals surface area (Å²) < 4.78 is 0. The summed E-state index contributed by atoms with van der Waals surface area (Å²) in [5, 5.41) is 31.4. The van der Waals surface area contributed by atoms with Crippen molar-refractivity contribution in [1.29, 1.82) is 0 Å². The molecule has 2 N–H and O–H groups in total. The van der Waals surface area contributed by atoms with Crippen molar-refractivity contribution in [2.75, 3.05) is 11.9 Å². The van der Waals surface area contributed by atoms with Crippen LogP contribution in [0, 0.1) is 6.92 Å². The minimum Gasteiger partial charge on any atom is -0.507 e. The minimum atomic E-state index is 0.153. The van der Waals surface area contributed by atoms with E-state index >= 15 is 0 Å². The van der Waals surface area contributed by atoms with Gasteiger partial charge >= 0.3 is 0 Å². The molecule has 7 nitrogen and oxygen atoms in total. The van der Waals surface area contributed by atoms with Crippen LogP contribution in [0.5, 0.6) is 5.75 Å². The van der Waals surface area contributed by atoms with E-state index in [2.05, 4.69) is 37.7 Å². The van der Waals surface area contributed by atoms with Gasteiger partial charge < -0.3 is 15.3 Å². The van der Waals surface area contributed by atoms with Gasteiger partial charge in [-0.05, 0) is 69.0 Å². The molecule has 2 bridgehead atoms. The number of benzene rings is 1. The van der Waals surface area contributed by atoms with Crippen molar-refractivity contribution in [3.63, 3.8) is 0 Å². The lowest BCUT2D eigenvalue weighted by atomic mass is 9.98. The first-order chi connectivity index (χ1) is 14.6. The smallest absolute Gasteiger partial charge is 0.151 e. The summed E-state index contributed by atoms with van der Waals surface area (Å²) in [6, 6.07) is 14.9. The third kappa shape index (κ3) is 3.61. The molecule has 0 spiro atoms. The lowest BCUT2D eigenvalue weighted by molar-refractivity contribution is 0.353. The van der Waals surface area contributed by atoms with Gasteiger partial charge in [-0.1, -0.05) is 6.07 Å². The number of hydrogen-bond acceptors (Lipinski definition) is 7. The molecule has 30 heavy (non-hydrogen) atoms. The van der Waals surface area contributed by atoms with Crippen LogP contribution in [0.3, 0.4) is 0 Å². The molecule has 2 aromatic heterocycles. The Hall–Kier alpha value is -3.06. The van der Waals surface area contributed by atoms with Crippen molar-refractivity contribution in [3.8, 4) is 28.3 Å². The van der Waals surface area contributed by atoms with Crippen LogP contribution in [0.4, 0.5) is 5.82 Å². The number of phenolic OH excluding ortho intramolecular Hbond substituents is 1. The predicted molar refractivity (Wildman–Crippen MR) is 116 cm³/mol. The van der Waals surface area contributed by atoms with Crippen molar-refractivity contribution in [3.05, 3.63) is 48.2 Å². The van der Waals surface area contributed by atoms with Gasteiger partial charge in [0, 0.05) is 36.3 Å². The van der Waals surface area contributed by atoms with Crippen LogP contribution >= 0.6 is 0 Å². The Kier molecular flexibility index (Phi) is 4.83. The van der Waals surface area contributed by atoms with Gasteiger partial charge in [-0.25, -0.2) is 0 Å². The summed E-state index contributed by atoms with van der Waals surface area (Å²) >= 11 is 0. The fraction of sp³-hybridized carbons (Fsp3) is 0.391. The topological polar surface area (TPSA) is 87.1 Å². The number of fused-ring (bicyclic) bond motifs is 2. The summed E-state index contributed by atoms with van der Waals surface area (Å²) in [4.78, 5) is 2.25. The van der Waals surface area contributed by atoms with E-state index in [1.165, 1.54) is 12.8 Å². The quantitative estimate of drug-likeness (QED) is 0.692. The first kappa shape index (κ1) is 18.9. The number of hydrogen-bond donors (Lipinski definition) is 2. The standard InChI is InChI=1S/C23H26N6O/c1-14-3-8-20(26-25-14)15-4-7-19(22(30)11-15)21-9-10-23(28-27-21)29(2)18-12-16-5-6-17(13-18)24-16/h3-4,7-11,16-18,24,30H,5-6,12-13H2,1-2H3/t16-,17+,18-. The van der Waals surface area contributed by atoms with E-state index in [0.717, 1.165) is 35.6 Å². The van der Waals surface area contributed by atoms with Crippen LogP contribution in [0.1, 0.15) is 31.4 Å². The number of aryl methyl sites for hydroxylation is 1. The molecule has 4 heterocycles. The summed E-state index contributed by atoms with van der Waals surface area (Å²) in [5.74, 6) is 1.02. The first-order valence-corrected chi connectivity index (χ1v) is 10.5. The lowest BCUT2D eigenvalue weighted by Crippen LogP contribution is -2.47. The normalized spacial score (nSPS) is 22.8. The Morgan fingerprint density at radius 2 is 1.63 bits per heavy atom. The highest BCUT2D eigenvalue weighted by atomic mass is 16.3. The fourth-order valence-electron chi connectivity index (χ4n) is 4.65. The van der Waals surface area contributed by atoms with Gasteiger partial charge in [0.2, 0.25) is 0 Å². The second-order valence-electron chi connectivity index (χ2n) is 8.44. The molecule has 7 heteroatoms. The zero-order valence-corrected chi connectivity index (χ0v) is 17.3. The SMILES string of the molecule is Cc1ccc(-c2ccc(-c3ccc(N(C)[C@@H]4C[C@H]5CC[C@@H](C4)N5)nn3)c(O)c2)nn1. The van der Waals surface area contributed by atoms with Crippen molar-refractivity contribution in [2.45, 2.75) is 50.7 Å². The number of piperidine rings is 1. The molecule has 0 amide bonds. The number of phenols is 1. The maximum absolute atomic E-state index is 10.6. The average molecular weight is 403 g/mol. The number of aromatic hydroxyl groups is 1. The van der Waals surface area contributed by atoms with E-state index in [4.69, 9.17) is 0 Å². The minimum absolute atomic E-state index is 0.153. The molecule has 2 saturated heterocycles. The Morgan fingerprint density at radius 3 is 2.27 bits per heavy atom. The van der Waals surface area contributed by atoms with Gasteiger partial charge in [0.25, 0.3) is 0 Å². The molecule has 154 valence electrons. The third-order valence-corrected chi connectivity index (χ3v) is 6.38. The number of nitrogens with zero attached hydrogens (tertiary/aromatic N) is 5. The van der Waals surface area contributed by atoms with E-state index < -0.39 is 0 Å². The molecular weight excluding hydrogens is 376 g/mol. The molecule has 0 unspecified atom stereocenters. The Morgan fingerprint density at radius 1 is 0.900 bits per heavy atom. The Labute approximate surface area is 176 Å². The molecule has 0 radical (unpaired) electrons. The van der Waals surface area contributed by atoms with E-state index in [0.29, 0.717) is 29.4 Å². The van der Waals surface area contributed by atoms with Gasteiger partial charge in [-0.2, -0.15) is 10.2 Å². The zero-order chi connectivity index (χ0) is 20.7. The third-order valence-electron chi connectivity index (χ3n) is 6.38. The molecule has 5 rings (SSSR count). The molecular formula is C23H26N6O. The molecule has 2 aliphatic rings. The van der Waals surface area contributed by atoms with Crippen molar-refractivity contribution >= 4 is 5.82 Å². The molecule has 2 aliphatic heterocycles. The van der Waals surface area contributed by atoms with Crippen LogP contribution < -0.4 is 10.2 Å². The average Bonchev–Trinajstić information content (AvgIpc) is 3.11. The van der Waals surface area contributed by atoms with Crippen molar-refractivity contribution in [2.24, 2.45) is 0 Å². The Balaban J connectivity index is 1.34. The highest BCUT2D eigenvalue weighted by Crippen LogP contribution is 2.33. The maximum Gasteiger partial charge on any atom is 0.151 e. The summed E-state index contributed by atoms with van der Waals surface area (Å²) in [6.07, 6.45) is 4.87. The van der Waals surface area contributed by atoms with Gasteiger partial charge in [0.05, 0.1) is 17.1 Å². The number of anilines is 1. The monoisotopic (exact) mass is 402 g/mol. The highest BCUT2D eigenvalue weighted by molar-refractivity contribution is 5.73. The molecule has 1 aromatic carbocycles.